The van der Waals surface area contributed by atoms with Crippen LogP contribution >= 0.6 is 0 Å². The van der Waals surface area contributed by atoms with Crippen molar-refractivity contribution in [1.29, 1.82) is 0 Å². The van der Waals surface area contributed by atoms with Crippen LogP contribution in [0.2, 0.25) is 0 Å². The Kier molecular flexibility index (Phi) is 36.4. The first-order valence-corrected chi connectivity index (χ1v) is 22.0. The quantitative estimate of drug-likeness (QED) is 0.0219. The molecule has 1 N–H and O–H groups in total. The van der Waals surface area contributed by atoms with E-state index in [4.69, 9.17) is 14.2 Å². The van der Waals surface area contributed by atoms with Crippen molar-refractivity contribution in [3.63, 3.8) is 0 Å². The SMILES string of the molecule is CC/C=C/C=C/C=C/C=C/C=C/CCCCCC(=O)OCC(COCCC(C(=O)O)[N+](C)(C)C)OC(=O)CCCCCCCCC/C=C/CCCCCCCC. The van der Waals surface area contributed by atoms with E-state index < -0.39 is 18.1 Å². The van der Waals surface area contributed by atoms with Gasteiger partial charge in [0, 0.05) is 19.3 Å². The lowest BCUT2D eigenvalue weighted by Crippen LogP contribution is -2.50. The number of allylic oxidation sites excluding steroid dienone is 12. The molecule has 0 radical (unpaired) electrons. The fourth-order valence-corrected chi connectivity index (χ4v) is 6.05. The number of carboxylic acid groups (broad SMARTS) is 1. The Morgan fingerprint density at radius 1 is 0.554 bits per heavy atom. The zero-order valence-electron chi connectivity index (χ0n) is 36.3. The zero-order valence-corrected chi connectivity index (χ0v) is 36.3. The Bertz CT molecular complexity index is 1140. The molecule has 0 rings (SSSR count). The third kappa shape index (κ3) is 36.4. The number of ether oxygens (including phenoxy) is 3. The van der Waals surface area contributed by atoms with Crippen molar-refractivity contribution >= 4 is 17.9 Å². The van der Waals surface area contributed by atoms with Gasteiger partial charge >= 0.3 is 17.9 Å². The molecule has 320 valence electrons. The van der Waals surface area contributed by atoms with Crippen LogP contribution in [0.1, 0.15) is 162 Å². The lowest BCUT2D eigenvalue weighted by molar-refractivity contribution is -0.887. The van der Waals surface area contributed by atoms with E-state index in [2.05, 4.69) is 38.2 Å². The number of unbranched alkanes of at least 4 members (excludes halogenated alkanes) is 16. The van der Waals surface area contributed by atoms with Crippen LogP contribution in [0, 0.1) is 0 Å². The van der Waals surface area contributed by atoms with Gasteiger partial charge < -0.3 is 23.8 Å². The molecule has 0 bridgehead atoms. The molecule has 8 heteroatoms. The summed E-state index contributed by atoms with van der Waals surface area (Å²) >= 11 is 0. The number of hydrogen-bond acceptors (Lipinski definition) is 6. The van der Waals surface area contributed by atoms with E-state index >= 15 is 0 Å². The van der Waals surface area contributed by atoms with Crippen molar-refractivity contribution in [1.82, 2.24) is 0 Å². The van der Waals surface area contributed by atoms with E-state index in [1.54, 1.807) is 0 Å². The molecular weight excluding hydrogens is 703 g/mol. The van der Waals surface area contributed by atoms with Crippen LogP contribution < -0.4 is 0 Å². The highest BCUT2D eigenvalue weighted by molar-refractivity contribution is 5.72. The van der Waals surface area contributed by atoms with Crippen LogP contribution in [0.15, 0.2) is 72.9 Å². The first kappa shape index (κ1) is 52.8. The van der Waals surface area contributed by atoms with Gasteiger partial charge in [0.05, 0.1) is 34.4 Å². The van der Waals surface area contributed by atoms with Gasteiger partial charge in [0.25, 0.3) is 0 Å². The Morgan fingerprint density at radius 3 is 1.55 bits per heavy atom. The highest BCUT2D eigenvalue weighted by Gasteiger charge is 2.31. The van der Waals surface area contributed by atoms with Crippen LogP contribution in [0.5, 0.6) is 0 Å². The van der Waals surface area contributed by atoms with Crippen molar-refractivity contribution in [2.24, 2.45) is 0 Å². The number of esters is 2. The molecule has 0 fully saturated rings. The summed E-state index contributed by atoms with van der Waals surface area (Å²) in [6.07, 6.45) is 48.0. The topological polar surface area (TPSA) is 99.1 Å². The number of hydrogen-bond donors (Lipinski definition) is 1. The van der Waals surface area contributed by atoms with E-state index in [0.717, 1.165) is 51.4 Å². The van der Waals surface area contributed by atoms with Gasteiger partial charge in [-0.2, -0.15) is 0 Å². The molecule has 0 saturated heterocycles. The minimum Gasteiger partial charge on any atom is -0.477 e. The summed E-state index contributed by atoms with van der Waals surface area (Å²) in [6, 6.07) is -0.625. The van der Waals surface area contributed by atoms with Crippen LogP contribution in [0.25, 0.3) is 0 Å². The standard InChI is InChI=1S/C48H81NO7/c1-6-8-10-12-14-16-18-20-22-23-25-27-29-31-33-35-37-39-47(51)56-44(42-54-41-40-45(48(52)53)49(3,4)5)43-55-46(50)38-36-34-32-30-28-26-24-21-19-17-15-13-11-9-7-2/h9,11,13,15,17,19-22,24,26,28,44-45H,6-8,10,12,14,16,18,23,25,27,29-43H2,1-5H3/p+1/b11-9+,15-13+,19-17+,22-20+,24-21+,28-26+. The number of carboxylic acids is 1. The molecule has 0 amide bonds. The maximum atomic E-state index is 12.7. The number of rotatable bonds is 38. The van der Waals surface area contributed by atoms with Gasteiger partial charge in [-0.05, 0) is 57.8 Å². The van der Waals surface area contributed by atoms with E-state index in [1.807, 2.05) is 69.8 Å². The first-order chi connectivity index (χ1) is 27.1. The van der Waals surface area contributed by atoms with Crippen LogP contribution in [0.3, 0.4) is 0 Å². The normalized spacial score (nSPS) is 13.7. The molecule has 0 aliphatic carbocycles. The molecule has 0 aliphatic heterocycles. The zero-order chi connectivity index (χ0) is 41.4. The summed E-state index contributed by atoms with van der Waals surface area (Å²) in [4.78, 5) is 37.0. The van der Waals surface area contributed by atoms with Gasteiger partial charge in [-0.1, -0.05) is 157 Å². The molecule has 0 aromatic carbocycles. The van der Waals surface area contributed by atoms with E-state index in [9.17, 15) is 19.5 Å². The number of carbonyl (C=O) groups is 3. The Labute approximate surface area is 342 Å². The van der Waals surface area contributed by atoms with Gasteiger partial charge in [-0.25, -0.2) is 4.79 Å². The highest BCUT2D eigenvalue weighted by atomic mass is 16.6. The number of carbonyl (C=O) groups excluding carboxylic acids is 2. The summed E-state index contributed by atoms with van der Waals surface area (Å²) in [5, 5.41) is 9.62. The number of quaternary nitrogens is 1. The number of aliphatic carboxylic acids is 1. The number of likely N-dealkylation sites (N-methyl/N-ethyl adjacent to an activating group) is 1. The molecule has 0 saturated carbocycles. The predicted octanol–water partition coefficient (Wildman–Crippen LogP) is 12.0. The second kappa shape index (κ2) is 38.6. The molecule has 0 aliphatic rings. The summed E-state index contributed by atoms with van der Waals surface area (Å²) in [7, 11) is 5.50. The fraction of sp³-hybridized carbons (Fsp3) is 0.688. The van der Waals surface area contributed by atoms with E-state index in [1.165, 1.54) is 77.0 Å². The maximum Gasteiger partial charge on any atom is 0.362 e. The molecule has 0 aromatic rings. The summed E-state index contributed by atoms with van der Waals surface area (Å²) in [5.41, 5.74) is 0. The number of nitrogens with zero attached hydrogens (tertiary/aromatic N) is 1. The van der Waals surface area contributed by atoms with Crippen molar-refractivity contribution in [2.75, 3.05) is 41.0 Å². The lowest BCUT2D eigenvalue weighted by Gasteiger charge is -2.31. The summed E-state index contributed by atoms with van der Waals surface area (Å²) in [6.45, 7) is 4.53. The van der Waals surface area contributed by atoms with Crippen molar-refractivity contribution < 1.29 is 38.2 Å². The second-order valence-electron chi connectivity index (χ2n) is 15.7. The van der Waals surface area contributed by atoms with Crippen molar-refractivity contribution in [3.8, 4) is 0 Å². The molecule has 8 nitrogen and oxygen atoms in total. The average molecular weight is 785 g/mol. The molecule has 0 aromatic heterocycles. The molecule has 0 spiro atoms. The maximum absolute atomic E-state index is 12.7. The predicted molar refractivity (Wildman–Crippen MR) is 233 cm³/mol. The van der Waals surface area contributed by atoms with Gasteiger partial charge in [0.1, 0.15) is 6.61 Å². The first-order valence-electron chi connectivity index (χ1n) is 22.0. The molecular formula is C48H82NO7+. The minimum atomic E-state index is -0.885. The summed E-state index contributed by atoms with van der Waals surface area (Å²) < 4.78 is 17.2. The van der Waals surface area contributed by atoms with Crippen LogP contribution in [0.4, 0.5) is 0 Å². The third-order valence-electron chi connectivity index (χ3n) is 9.47. The minimum absolute atomic E-state index is 0.0420. The Hall–Kier alpha value is -3.23. The molecule has 2 atom stereocenters. The monoisotopic (exact) mass is 785 g/mol. The third-order valence-corrected chi connectivity index (χ3v) is 9.47. The fourth-order valence-electron chi connectivity index (χ4n) is 6.05. The van der Waals surface area contributed by atoms with E-state index in [-0.39, 0.29) is 36.2 Å². The van der Waals surface area contributed by atoms with Gasteiger partial charge in [0.15, 0.2) is 12.1 Å². The van der Waals surface area contributed by atoms with E-state index in [0.29, 0.717) is 19.3 Å². The molecule has 2 unspecified atom stereocenters. The lowest BCUT2D eigenvalue weighted by atomic mass is 10.1. The highest BCUT2D eigenvalue weighted by Crippen LogP contribution is 2.13. The van der Waals surface area contributed by atoms with Crippen molar-refractivity contribution in [3.05, 3.63) is 72.9 Å². The summed E-state index contributed by atoms with van der Waals surface area (Å²) in [5.74, 6) is -1.53. The van der Waals surface area contributed by atoms with Gasteiger partial charge in [-0.15, -0.1) is 0 Å². The Morgan fingerprint density at radius 2 is 1.02 bits per heavy atom. The smallest absolute Gasteiger partial charge is 0.362 e. The average Bonchev–Trinajstić information content (AvgIpc) is 3.15. The van der Waals surface area contributed by atoms with Gasteiger partial charge in [0.2, 0.25) is 0 Å². The van der Waals surface area contributed by atoms with Crippen LogP contribution in [-0.4, -0.2) is 80.6 Å². The second-order valence-corrected chi connectivity index (χ2v) is 15.7. The van der Waals surface area contributed by atoms with Gasteiger partial charge in [-0.3, -0.25) is 9.59 Å². The van der Waals surface area contributed by atoms with Crippen molar-refractivity contribution in [2.45, 2.75) is 174 Å². The van der Waals surface area contributed by atoms with Crippen LogP contribution in [-0.2, 0) is 28.6 Å². The molecule has 56 heavy (non-hydrogen) atoms. The largest absolute Gasteiger partial charge is 0.477 e. The molecule has 0 heterocycles. The Balaban J connectivity index is 4.43.